The molecule has 0 bridgehead atoms. The molecule has 1 amide bonds. The van der Waals surface area contributed by atoms with Gasteiger partial charge in [-0.3, -0.25) is 9.59 Å². The van der Waals surface area contributed by atoms with E-state index in [2.05, 4.69) is 5.32 Å². The second-order valence-electron chi connectivity index (χ2n) is 6.11. The van der Waals surface area contributed by atoms with E-state index in [9.17, 15) is 9.59 Å². The summed E-state index contributed by atoms with van der Waals surface area (Å²) in [4.78, 5) is 25.0. The summed E-state index contributed by atoms with van der Waals surface area (Å²) in [5.41, 5.74) is 1.03. The largest absolute Gasteiger partial charge is 0.454 e. The predicted octanol–water partition coefficient (Wildman–Crippen LogP) is 3.20. The molecule has 5 rings (SSSR count). The van der Waals surface area contributed by atoms with Gasteiger partial charge < -0.3 is 23.6 Å². The smallest absolute Gasteiger partial charge is 0.302 e. The second-order valence-corrected chi connectivity index (χ2v) is 6.11. The molecule has 27 heavy (non-hydrogen) atoms. The summed E-state index contributed by atoms with van der Waals surface area (Å²) < 4.78 is 21.6. The van der Waals surface area contributed by atoms with Gasteiger partial charge in [0.05, 0.1) is 5.39 Å². The van der Waals surface area contributed by atoms with Crippen LogP contribution in [-0.2, 0) is 6.54 Å². The standard InChI is InChI=1S/C20H13NO6/c22-18-12-3-1-2-4-14(12)26-20-13(18)8-17(27-20)19(23)21-9-11-5-6-15-16(7-11)25-10-24-15/h1-8H,9-10H2,(H,21,23). The van der Waals surface area contributed by atoms with Crippen LogP contribution in [0.1, 0.15) is 16.1 Å². The first-order valence-corrected chi connectivity index (χ1v) is 8.31. The third-order valence-electron chi connectivity index (χ3n) is 4.39. The molecular weight excluding hydrogens is 350 g/mol. The molecule has 0 spiro atoms. The van der Waals surface area contributed by atoms with E-state index in [0.717, 1.165) is 5.56 Å². The molecule has 0 fully saturated rings. The van der Waals surface area contributed by atoms with Crippen molar-refractivity contribution in [1.82, 2.24) is 5.32 Å². The van der Waals surface area contributed by atoms with Crippen LogP contribution in [0.5, 0.6) is 11.5 Å². The van der Waals surface area contributed by atoms with Gasteiger partial charge in [-0.05, 0) is 29.8 Å². The molecule has 2 aromatic heterocycles. The summed E-state index contributed by atoms with van der Waals surface area (Å²) >= 11 is 0. The molecule has 134 valence electrons. The van der Waals surface area contributed by atoms with E-state index in [0.29, 0.717) is 22.5 Å². The lowest BCUT2D eigenvalue weighted by Crippen LogP contribution is -2.22. The zero-order valence-electron chi connectivity index (χ0n) is 14.0. The van der Waals surface area contributed by atoms with Crippen LogP contribution in [0.4, 0.5) is 0 Å². The molecule has 1 aliphatic rings. The number of amides is 1. The van der Waals surface area contributed by atoms with Crippen molar-refractivity contribution in [2.75, 3.05) is 6.79 Å². The Morgan fingerprint density at radius 1 is 0.963 bits per heavy atom. The third-order valence-corrected chi connectivity index (χ3v) is 4.39. The van der Waals surface area contributed by atoms with E-state index in [1.807, 2.05) is 6.07 Å². The summed E-state index contributed by atoms with van der Waals surface area (Å²) in [7, 11) is 0. The molecule has 1 aliphatic heterocycles. The fourth-order valence-electron chi connectivity index (χ4n) is 3.03. The lowest BCUT2D eigenvalue weighted by atomic mass is 10.2. The van der Waals surface area contributed by atoms with Crippen molar-refractivity contribution in [1.29, 1.82) is 0 Å². The number of rotatable bonds is 3. The number of carbonyl (C=O) groups excluding carboxylic acids is 1. The van der Waals surface area contributed by atoms with Crippen molar-refractivity contribution in [2.45, 2.75) is 6.54 Å². The minimum absolute atomic E-state index is 0.0156. The molecular formula is C20H13NO6. The quantitative estimate of drug-likeness (QED) is 0.601. The van der Waals surface area contributed by atoms with Gasteiger partial charge in [-0.2, -0.15) is 0 Å². The van der Waals surface area contributed by atoms with Gasteiger partial charge in [0.1, 0.15) is 11.0 Å². The highest BCUT2D eigenvalue weighted by Gasteiger charge is 2.18. The van der Waals surface area contributed by atoms with Crippen molar-refractivity contribution in [3.8, 4) is 11.5 Å². The maximum atomic E-state index is 12.5. The molecule has 4 aromatic rings. The number of fused-ring (bicyclic) bond motifs is 3. The maximum Gasteiger partial charge on any atom is 0.302 e. The third kappa shape index (κ3) is 2.60. The highest BCUT2D eigenvalue weighted by molar-refractivity contribution is 5.97. The van der Waals surface area contributed by atoms with Crippen molar-refractivity contribution in [3.05, 3.63) is 70.1 Å². The number of para-hydroxylation sites is 1. The van der Waals surface area contributed by atoms with Crippen molar-refractivity contribution in [2.24, 2.45) is 0 Å². The number of hydrogen-bond acceptors (Lipinski definition) is 6. The molecule has 7 heteroatoms. The highest BCUT2D eigenvalue weighted by atomic mass is 16.7. The second kappa shape index (κ2) is 5.91. The van der Waals surface area contributed by atoms with Gasteiger partial charge in [-0.15, -0.1) is 0 Å². The minimum Gasteiger partial charge on any atom is -0.454 e. The number of benzene rings is 2. The van der Waals surface area contributed by atoms with Crippen molar-refractivity contribution >= 4 is 28.0 Å². The Morgan fingerprint density at radius 3 is 2.74 bits per heavy atom. The molecule has 7 nitrogen and oxygen atoms in total. The van der Waals surface area contributed by atoms with Gasteiger partial charge in [0, 0.05) is 12.6 Å². The number of hydrogen-bond donors (Lipinski definition) is 1. The van der Waals surface area contributed by atoms with Crippen LogP contribution in [0, 0.1) is 0 Å². The van der Waals surface area contributed by atoms with E-state index in [1.54, 1.807) is 36.4 Å². The monoisotopic (exact) mass is 363 g/mol. The summed E-state index contributed by atoms with van der Waals surface area (Å²) in [5, 5.41) is 3.44. The molecule has 0 aliphatic carbocycles. The number of ether oxygens (including phenoxy) is 2. The zero-order chi connectivity index (χ0) is 18.4. The normalized spacial score (nSPS) is 12.6. The van der Waals surface area contributed by atoms with E-state index in [4.69, 9.17) is 18.3 Å². The van der Waals surface area contributed by atoms with Gasteiger partial charge in [-0.1, -0.05) is 18.2 Å². The van der Waals surface area contributed by atoms with E-state index in [-0.39, 0.29) is 35.7 Å². The summed E-state index contributed by atoms with van der Waals surface area (Å²) in [6.07, 6.45) is 0. The maximum absolute atomic E-state index is 12.5. The molecule has 1 N–H and O–H groups in total. The average molecular weight is 363 g/mol. The van der Waals surface area contributed by atoms with Gasteiger partial charge in [0.15, 0.2) is 17.3 Å². The van der Waals surface area contributed by atoms with Gasteiger partial charge in [0.2, 0.25) is 12.2 Å². The van der Waals surface area contributed by atoms with Crippen LogP contribution in [0.25, 0.3) is 22.1 Å². The van der Waals surface area contributed by atoms with Crippen LogP contribution in [0.15, 0.2) is 62.2 Å². The summed E-state index contributed by atoms with van der Waals surface area (Å²) in [6, 6.07) is 13.7. The fourth-order valence-corrected chi connectivity index (χ4v) is 3.03. The topological polar surface area (TPSA) is 90.9 Å². The first kappa shape index (κ1) is 15.5. The molecule has 0 saturated carbocycles. The number of nitrogens with one attached hydrogen (secondary N) is 1. The number of furan rings is 1. The Kier molecular flexibility index (Phi) is 3.39. The summed E-state index contributed by atoms with van der Waals surface area (Å²) in [5.74, 6) is 0.933. The minimum atomic E-state index is -0.442. The van der Waals surface area contributed by atoms with Crippen molar-refractivity contribution in [3.63, 3.8) is 0 Å². The highest BCUT2D eigenvalue weighted by Crippen LogP contribution is 2.32. The Bertz CT molecular complexity index is 1250. The molecule has 0 unspecified atom stereocenters. The summed E-state index contributed by atoms with van der Waals surface area (Å²) in [6.45, 7) is 0.468. The van der Waals surface area contributed by atoms with Gasteiger partial charge in [0.25, 0.3) is 5.91 Å². The van der Waals surface area contributed by atoms with Crippen LogP contribution in [0.2, 0.25) is 0 Å². The van der Waals surface area contributed by atoms with Gasteiger partial charge >= 0.3 is 5.78 Å². The molecule has 0 atom stereocenters. The first-order valence-electron chi connectivity index (χ1n) is 8.31. The molecule has 0 radical (unpaired) electrons. The van der Waals surface area contributed by atoms with Crippen LogP contribution >= 0.6 is 0 Å². The molecule has 2 aromatic carbocycles. The van der Waals surface area contributed by atoms with E-state index < -0.39 is 5.91 Å². The van der Waals surface area contributed by atoms with E-state index in [1.165, 1.54) is 6.07 Å². The predicted molar refractivity (Wildman–Crippen MR) is 96.0 cm³/mol. The lowest BCUT2D eigenvalue weighted by Gasteiger charge is -2.04. The van der Waals surface area contributed by atoms with Crippen molar-refractivity contribution < 1.29 is 23.1 Å². The Morgan fingerprint density at radius 2 is 1.81 bits per heavy atom. The zero-order valence-corrected chi connectivity index (χ0v) is 14.0. The number of carbonyl (C=O) groups is 1. The first-order chi connectivity index (χ1) is 13.2. The molecule has 3 heterocycles. The Labute approximate surface area is 152 Å². The lowest BCUT2D eigenvalue weighted by molar-refractivity contribution is 0.0923. The fraction of sp³-hybridized carbons (Fsp3) is 0.100. The van der Waals surface area contributed by atoms with Crippen LogP contribution in [0.3, 0.4) is 0 Å². The van der Waals surface area contributed by atoms with Crippen LogP contribution in [-0.4, -0.2) is 12.7 Å². The van der Waals surface area contributed by atoms with Gasteiger partial charge in [-0.25, -0.2) is 0 Å². The van der Waals surface area contributed by atoms with E-state index >= 15 is 0 Å². The van der Waals surface area contributed by atoms with Crippen LogP contribution < -0.4 is 20.2 Å². The average Bonchev–Trinajstić information content (AvgIpc) is 3.33. The Hall–Kier alpha value is -3.74. The molecule has 0 saturated heterocycles. The Balaban J connectivity index is 1.41. The SMILES string of the molecule is O=C(NCc1ccc2c(c1)OCO2)c1cc2c(=O)c3ccccc3oc2o1.